The molecule has 12 heteroatoms. The van der Waals surface area contributed by atoms with Gasteiger partial charge < -0.3 is 25.9 Å². The van der Waals surface area contributed by atoms with Crippen molar-refractivity contribution in [2.24, 2.45) is 0 Å². The van der Waals surface area contributed by atoms with Crippen LogP contribution >= 0.6 is 8.03 Å². The van der Waals surface area contributed by atoms with E-state index in [0.29, 0.717) is 17.6 Å². The first-order valence-corrected chi connectivity index (χ1v) is 11.2. The third-order valence-electron chi connectivity index (χ3n) is 5.27. The van der Waals surface area contributed by atoms with Gasteiger partial charge in [-0.15, -0.1) is 4.52 Å². The first-order valence-electron chi connectivity index (χ1n) is 9.95. The number of imidazole rings is 1. The molecule has 5 atom stereocenters. The van der Waals surface area contributed by atoms with Crippen LogP contribution in [-0.2, 0) is 13.8 Å². The average molecular weight is 445 g/mol. The monoisotopic (exact) mass is 445 g/mol. The largest absolute Gasteiger partial charge is 0.511 e. The maximum absolute atomic E-state index is 12.3. The van der Waals surface area contributed by atoms with E-state index in [-0.39, 0.29) is 29.2 Å². The summed E-state index contributed by atoms with van der Waals surface area (Å²) < 4.78 is 26.1. The van der Waals surface area contributed by atoms with Crippen molar-refractivity contribution < 1.29 is 34.0 Å². The Hall–Kier alpha value is -1.91. The Labute approximate surface area is 176 Å². The molecule has 2 heterocycles. The molecule has 30 heavy (non-hydrogen) atoms. The zero-order valence-electron chi connectivity index (χ0n) is 17.8. The lowest BCUT2D eigenvalue weighted by molar-refractivity contribution is -0.894. The van der Waals surface area contributed by atoms with Gasteiger partial charge in [0.15, 0.2) is 11.9 Å². The van der Waals surface area contributed by atoms with Crippen LogP contribution < -0.4 is 10.5 Å². The van der Waals surface area contributed by atoms with E-state index in [1.165, 1.54) is 10.9 Å². The van der Waals surface area contributed by atoms with Crippen LogP contribution in [0.5, 0.6) is 0 Å². The number of hydrogen-bond acceptors (Lipinski definition) is 9. The molecule has 168 valence electrons. The number of ether oxygens (including phenoxy) is 1. The quantitative estimate of drug-likeness (QED) is 0.216. The number of nitrogens with zero attached hydrogens (tertiary/aromatic N) is 4. The van der Waals surface area contributed by atoms with Gasteiger partial charge in [0.05, 0.1) is 13.2 Å². The van der Waals surface area contributed by atoms with Gasteiger partial charge in [-0.2, -0.15) is 0 Å². The van der Waals surface area contributed by atoms with Gasteiger partial charge in [0, 0.05) is 6.42 Å². The molecular formula is C18H32N5O6P+2. The molecule has 0 aliphatic heterocycles. The van der Waals surface area contributed by atoms with Crippen molar-refractivity contribution in [2.75, 3.05) is 18.9 Å². The van der Waals surface area contributed by atoms with Crippen molar-refractivity contribution in [3.8, 4) is 0 Å². The van der Waals surface area contributed by atoms with E-state index in [1.807, 2.05) is 27.7 Å². The van der Waals surface area contributed by atoms with Gasteiger partial charge in [-0.05, 0) is 31.3 Å². The summed E-state index contributed by atoms with van der Waals surface area (Å²) in [4.78, 5) is 8.19. The predicted octanol–water partition coefficient (Wildman–Crippen LogP) is 1.52. The van der Waals surface area contributed by atoms with Gasteiger partial charge in [0.25, 0.3) is 12.1 Å². The molecule has 11 nitrogen and oxygen atoms in total. The van der Waals surface area contributed by atoms with Crippen LogP contribution in [0.2, 0.25) is 0 Å². The molecule has 0 amide bonds. The van der Waals surface area contributed by atoms with Crippen molar-refractivity contribution in [3.63, 3.8) is 0 Å². The van der Waals surface area contributed by atoms with Crippen LogP contribution in [0.25, 0.3) is 11.2 Å². The van der Waals surface area contributed by atoms with E-state index >= 15 is 0 Å². The summed E-state index contributed by atoms with van der Waals surface area (Å²) in [5.74, 6) is -0.0169. The summed E-state index contributed by atoms with van der Waals surface area (Å²) in [5.41, 5.74) is 5.61. The smallest absolute Gasteiger partial charge is 0.394 e. The lowest BCUT2D eigenvalue weighted by Gasteiger charge is -2.26. The molecule has 0 fully saturated rings. The molecule has 0 bridgehead atoms. The third kappa shape index (κ3) is 5.41. The Morgan fingerprint density at radius 3 is 2.70 bits per heavy atom. The van der Waals surface area contributed by atoms with E-state index in [4.69, 9.17) is 15.0 Å². The molecule has 0 radical (unpaired) electrons. The predicted molar refractivity (Wildman–Crippen MR) is 109 cm³/mol. The minimum absolute atomic E-state index is 0.0169. The van der Waals surface area contributed by atoms with Gasteiger partial charge >= 0.3 is 8.03 Å². The zero-order chi connectivity index (χ0) is 22.5. The number of aliphatic hydroxyl groups excluding tert-OH is 2. The number of aromatic nitrogens is 4. The first-order chi connectivity index (χ1) is 14.2. The lowest BCUT2D eigenvalue weighted by Crippen LogP contribution is -2.35. The standard InChI is InChI=1S/C18H31N5O6P/c1-5-12(3)30(27)29-18(4,6-2)7-8-28-17(13(25)9-24)22-10-20-14-15(19)23(26)11-21-16(14)22/h10-13,17,19,24-26H,5-9H2,1-4H3/q+1/p+1/t12?,13-,17+,18?/m1/s1. The van der Waals surface area contributed by atoms with Gasteiger partial charge in [0.1, 0.15) is 18.0 Å². The molecule has 2 rings (SSSR count). The van der Waals surface area contributed by atoms with Gasteiger partial charge in [-0.3, -0.25) is 4.57 Å². The molecule has 3 unspecified atom stereocenters. The fourth-order valence-corrected chi connectivity index (χ4v) is 3.87. The summed E-state index contributed by atoms with van der Waals surface area (Å²) in [6.45, 7) is 7.28. The highest BCUT2D eigenvalue weighted by Gasteiger charge is 2.38. The summed E-state index contributed by atoms with van der Waals surface area (Å²) in [6.07, 6.45) is 2.04. The molecule has 5 N–H and O–H groups in total. The van der Waals surface area contributed by atoms with E-state index in [1.54, 1.807) is 0 Å². The Kier molecular flexibility index (Phi) is 8.45. The van der Waals surface area contributed by atoms with Gasteiger partial charge in [-0.25, -0.2) is 4.98 Å². The molecule has 0 aliphatic rings. The van der Waals surface area contributed by atoms with E-state index < -0.39 is 32.6 Å². The topological polar surface area (TPSA) is 157 Å². The summed E-state index contributed by atoms with van der Waals surface area (Å²) in [6, 6.07) is 0. The molecule has 0 aromatic carbocycles. The Morgan fingerprint density at radius 2 is 2.10 bits per heavy atom. The number of fused-ring (bicyclic) bond motifs is 1. The summed E-state index contributed by atoms with van der Waals surface area (Å²) in [5, 5.41) is 29.4. The molecule has 0 saturated carbocycles. The Morgan fingerprint density at radius 1 is 1.40 bits per heavy atom. The number of anilines is 1. The number of hydrogen-bond donors (Lipinski definition) is 4. The molecule has 0 saturated heterocycles. The zero-order valence-corrected chi connectivity index (χ0v) is 18.7. The van der Waals surface area contributed by atoms with Gasteiger partial charge in [-0.1, -0.05) is 23.6 Å². The maximum Gasteiger partial charge on any atom is 0.511 e. The maximum atomic E-state index is 12.3. The SMILES string of the molecule is CCC(C)[P+](=O)OC(C)(CC)CCO[C@@H]([C@H](O)CO)n1cnc2c(N)[n+](O)cnc21. The number of aliphatic hydroxyl groups is 2. The minimum atomic E-state index is -1.81. The van der Waals surface area contributed by atoms with Crippen molar-refractivity contribution in [2.45, 2.75) is 70.5 Å². The van der Waals surface area contributed by atoms with Crippen molar-refractivity contribution in [3.05, 3.63) is 12.7 Å². The highest BCUT2D eigenvalue weighted by atomic mass is 31.1. The van der Waals surface area contributed by atoms with E-state index in [0.717, 1.165) is 12.7 Å². The normalized spacial score (nSPS) is 17.5. The number of rotatable bonds is 12. The van der Waals surface area contributed by atoms with Crippen LogP contribution in [0.3, 0.4) is 0 Å². The van der Waals surface area contributed by atoms with Crippen LogP contribution in [0, 0.1) is 0 Å². The van der Waals surface area contributed by atoms with E-state index in [9.17, 15) is 20.0 Å². The second-order valence-corrected chi connectivity index (χ2v) is 9.13. The van der Waals surface area contributed by atoms with Crippen LogP contribution in [-0.4, -0.2) is 60.5 Å². The first kappa shape index (κ1) is 24.4. The second-order valence-electron chi connectivity index (χ2n) is 7.50. The van der Waals surface area contributed by atoms with E-state index in [2.05, 4.69) is 9.97 Å². The average Bonchev–Trinajstić information content (AvgIpc) is 3.17. The fourth-order valence-electron chi connectivity index (χ4n) is 2.74. The second kappa shape index (κ2) is 10.4. The van der Waals surface area contributed by atoms with Crippen molar-refractivity contribution in [1.82, 2.24) is 14.5 Å². The molecule has 2 aromatic rings. The molecule has 2 aromatic heterocycles. The Bertz CT molecular complexity index is 865. The number of nitrogen functional groups attached to an aromatic ring is 1. The third-order valence-corrected chi connectivity index (χ3v) is 6.97. The molecule has 0 aliphatic carbocycles. The Balaban J connectivity index is 2.16. The number of nitrogens with two attached hydrogens (primary N) is 1. The highest BCUT2D eigenvalue weighted by Crippen LogP contribution is 2.39. The van der Waals surface area contributed by atoms with Crippen molar-refractivity contribution >= 4 is 25.0 Å². The van der Waals surface area contributed by atoms with Crippen LogP contribution in [0.15, 0.2) is 12.7 Å². The summed E-state index contributed by atoms with van der Waals surface area (Å²) >= 11 is 0. The fraction of sp³-hybridized carbons (Fsp3) is 0.722. The highest BCUT2D eigenvalue weighted by molar-refractivity contribution is 7.40. The molecular weight excluding hydrogens is 413 g/mol. The van der Waals surface area contributed by atoms with Crippen LogP contribution in [0.4, 0.5) is 5.82 Å². The lowest BCUT2D eigenvalue weighted by atomic mass is 10.0. The van der Waals surface area contributed by atoms with Crippen LogP contribution in [0.1, 0.15) is 53.2 Å². The van der Waals surface area contributed by atoms with Crippen molar-refractivity contribution in [1.29, 1.82) is 0 Å². The molecule has 0 spiro atoms. The summed E-state index contributed by atoms with van der Waals surface area (Å²) in [7, 11) is -1.81. The van der Waals surface area contributed by atoms with Gasteiger partial charge in [0.2, 0.25) is 11.2 Å². The minimum Gasteiger partial charge on any atom is -0.394 e.